The maximum atomic E-state index is 6.25. The first-order valence-corrected chi connectivity index (χ1v) is 0.447. The van der Waals surface area contributed by atoms with Crippen molar-refractivity contribution in [3.05, 3.63) is 13.1 Å². The molecule has 0 aromatic rings. The van der Waals surface area contributed by atoms with Gasteiger partial charge in [-0.05, 0) is 0 Å². The fourth-order valence-electron chi connectivity index (χ4n) is 0. The molecule has 0 rings (SSSR count). The van der Waals surface area contributed by atoms with Gasteiger partial charge in [-0.15, -0.1) is 0 Å². The Hall–Kier alpha value is 1.66. The minimum Gasteiger partial charge on any atom is -1.00 e. The van der Waals surface area contributed by atoms with Crippen molar-refractivity contribution in [3.63, 3.8) is 0 Å². The molecule has 0 aliphatic rings. The Kier molecular flexibility index (Phi) is 671. The fraction of sp³-hybridized carbons (Fsp3) is 0. The molecule has 0 N–H and O–H groups in total. The van der Waals surface area contributed by atoms with Crippen molar-refractivity contribution in [2.75, 3.05) is 0 Å². The first-order chi connectivity index (χ1) is 2.00. The molecular formula is C2HFe2KN2-2. The first-order valence-electron chi connectivity index (χ1n) is 0.447. The Morgan fingerprint density at radius 3 is 0.857 bits per heavy atom. The number of hydrogen-bond acceptors (Lipinski definition) is 2. The van der Waals surface area contributed by atoms with E-state index in [4.69, 9.17) is 23.7 Å². The van der Waals surface area contributed by atoms with E-state index in [0.717, 1.165) is 0 Å². The van der Waals surface area contributed by atoms with Crippen molar-refractivity contribution in [2.45, 2.75) is 0 Å². The predicted molar refractivity (Wildman–Crippen MR) is 11.0 cm³/mol. The van der Waals surface area contributed by atoms with Crippen LogP contribution in [0.4, 0.5) is 0 Å². The standard InChI is InChI=1S/2CN.2Fe.K.H/c2*1-2;;;;/q2*-1;;;+1;-1. The molecule has 0 radical (unpaired) electrons. The topological polar surface area (TPSA) is 47.6 Å². The van der Waals surface area contributed by atoms with Crippen LogP contribution in [0.25, 0.3) is 0 Å². The number of nitrogens with zero attached hydrogens (tertiary/aromatic N) is 2. The summed E-state index contributed by atoms with van der Waals surface area (Å²) in [6.45, 7) is 9.50. The van der Waals surface area contributed by atoms with E-state index in [1.807, 2.05) is 0 Å². The van der Waals surface area contributed by atoms with Gasteiger partial charge in [-0.2, -0.15) is 0 Å². The van der Waals surface area contributed by atoms with Crippen LogP contribution in [0.15, 0.2) is 0 Å². The smallest absolute Gasteiger partial charge is 1.00 e. The molecule has 0 aromatic heterocycles. The molecule has 0 unspecified atom stereocenters. The van der Waals surface area contributed by atoms with Crippen LogP contribution in [0.1, 0.15) is 1.43 Å². The van der Waals surface area contributed by atoms with Crippen LogP contribution >= 0.6 is 0 Å². The zero-order valence-corrected chi connectivity index (χ0v) is 8.93. The van der Waals surface area contributed by atoms with E-state index < -0.39 is 0 Å². The summed E-state index contributed by atoms with van der Waals surface area (Å²) in [7, 11) is 0. The first kappa shape index (κ1) is 38.0. The summed E-state index contributed by atoms with van der Waals surface area (Å²) in [6, 6.07) is 0. The predicted octanol–water partition coefficient (Wildman–Crippen LogP) is -2.70. The van der Waals surface area contributed by atoms with Crippen molar-refractivity contribution < 1.29 is 86.9 Å². The third-order valence-corrected chi connectivity index (χ3v) is 0. The van der Waals surface area contributed by atoms with Crippen molar-refractivity contribution in [1.82, 2.24) is 0 Å². The summed E-state index contributed by atoms with van der Waals surface area (Å²) >= 11 is 0. The second kappa shape index (κ2) is 124. The summed E-state index contributed by atoms with van der Waals surface area (Å²) in [5, 5.41) is 12.5. The third-order valence-electron chi connectivity index (χ3n) is 0. The van der Waals surface area contributed by atoms with Gasteiger partial charge < -0.3 is 25.1 Å². The Labute approximate surface area is 108 Å². The molecule has 0 amide bonds. The maximum absolute atomic E-state index is 6.25. The summed E-state index contributed by atoms with van der Waals surface area (Å²) in [5.74, 6) is 0. The molecular weight excluding hydrogens is 203 g/mol. The number of rotatable bonds is 0. The molecule has 0 aliphatic carbocycles. The quantitative estimate of drug-likeness (QED) is 0.318. The molecule has 0 fully saturated rings. The van der Waals surface area contributed by atoms with Gasteiger partial charge in [0.2, 0.25) is 0 Å². The second-order valence-corrected chi connectivity index (χ2v) is 0. The summed E-state index contributed by atoms with van der Waals surface area (Å²) in [4.78, 5) is 0. The zero-order valence-electron chi connectivity index (χ0n) is 4.60. The molecule has 0 aliphatic heterocycles. The van der Waals surface area contributed by atoms with E-state index in [2.05, 4.69) is 0 Å². The maximum Gasteiger partial charge on any atom is 1.00 e. The Balaban J connectivity index is -0.00000000167. The zero-order chi connectivity index (χ0) is 4.00. The van der Waals surface area contributed by atoms with E-state index in [-0.39, 0.29) is 86.9 Å². The third kappa shape index (κ3) is 89.4. The molecule has 0 spiro atoms. The summed E-state index contributed by atoms with van der Waals surface area (Å²) < 4.78 is 0. The van der Waals surface area contributed by atoms with E-state index in [1.54, 1.807) is 0 Å². The van der Waals surface area contributed by atoms with Crippen LogP contribution < -0.4 is 51.4 Å². The average Bonchev–Trinajstić information content (AvgIpc) is 1.50. The van der Waals surface area contributed by atoms with Gasteiger partial charge in [-0.25, -0.2) is 0 Å². The summed E-state index contributed by atoms with van der Waals surface area (Å²) in [5.41, 5.74) is 0. The molecule has 0 saturated carbocycles. The van der Waals surface area contributed by atoms with Crippen molar-refractivity contribution in [1.29, 1.82) is 10.5 Å². The molecule has 0 saturated heterocycles. The van der Waals surface area contributed by atoms with Crippen LogP contribution in [0.2, 0.25) is 0 Å². The van der Waals surface area contributed by atoms with Gasteiger partial charge >= 0.3 is 51.4 Å². The van der Waals surface area contributed by atoms with Gasteiger partial charge in [0, 0.05) is 34.1 Å². The molecule has 0 bridgehead atoms. The molecule has 38 valence electrons. The van der Waals surface area contributed by atoms with Crippen LogP contribution in [-0.4, -0.2) is 0 Å². The molecule has 7 heavy (non-hydrogen) atoms. The largest absolute Gasteiger partial charge is 1.00 e. The second-order valence-electron chi connectivity index (χ2n) is 0. The molecule has 2 nitrogen and oxygen atoms in total. The molecule has 5 heteroatoms. The average molecular weight is 204 g/mol. The van der Waals surface area contributed by atoms with E-state index in [0.29, 0.717) is 0 Å². The minimum absolute atomic E-state index is 0. The van der Waals surface area contributed by atoms with E-state index in [9.17, 15) is 0 Å². The van der Waals surface area contributed by atoms with E-state index in [1.165, 1.54) is 0 Å². The van der Waals surface area contributed by atoms with Gasteiger partial charge in [-0.1, -0.05) is 0 Å². The van der Waals surface area contributed by atoms with Crippen molar-refractivity contribution in [2.24, 2.45) is 0 Å². The Morgan fingerprint density at radius 1 is 0.857 bits per heavy atom. The molecule has 0 atom stereocenters. The molecule has 0 aromatic carbocycles. The van der Waals surface area contributed by atoms with Gasteiger partial charge in [0.25, 0.3) is 0 Å². The van der Waals surface area contributed by atoms with E-state index >= 15 is 0 Å². The number of hydrogen-bond donors (Lipinski definition) is 0. The van der Waals surface area contributed by atoms with Gasteiger partial charge in [0.05, 0.1) is 0 Å². The Morgan fingerprint density at radius 2 is 0.857 bits per heavy atom. The SMILES string of the molecule is [C-]#N.[C-]#N.[Fe].[Fe].[H-].[K+]. The molecule has 0 heterocycles. The normalized spacial score (nSPS) is 0.571. The van der Waals surface area contributed by atoms with Crippen molar-refractivity contribution >= 4 is 0 Å². The van der Waals surface area contributed by atoms with Crippen LogP contribution in [0.3, 0.4) is 0 Å². The van der Waals surface area contributed by atoms with Crippen LogP contribution in [0, 0.1) is 23.7 Å². The van der Waals surface area contributed by atoms with Crippen LogP contribution in [0.5, 0.6) is 0 Å². The minimum atomic E-state index is 0. The van der Waals surface area contributed by atoms with Crippen LogP contribution in [-0.2, 0) is 34.1 Å². The van der Waals surface area contributed by atoms with Crippen molar-refractivity contribution in [3.8, 4) is 0 Å². The van der Waals surface area contributed by atoms with Gasteiger partial charge in [0.15, 0.2) is 0 Å². The summed E-state index contributed by atoms with van der Waals surface area (Å²) in [6.07, 6.45) is 0. The van der Waals surface area contributed by atoms with Gasteiger partial charge in [0.1, 0.15) is 0 Å². The van der Waals surface area contributed by atoms with Gasteiger partial charge in [-0.3, -0.25) is 0 Å². The fourth-order valence-corrected chi connectivity index (χ4v) is 0. The Bertz CT molecular complexity index is 33.5. The monoisotopic (exact) mass is 204 g/mol.